The Hall–Kier alpha value is -3.27. The number of aromatic nitrogens is 1. The van der Waals surface area contributed by atoms with Crippen molar-refractivity contribution in [1.82, 2.24) is 9.88 Å². The van der Waals surface area contributed by atoms with Crippen molar-refractivity contribution in [2.45, 2.75) is 20.8 Å². The molecule has 0 fully saturated rings. The summed E-state index contributed by atoms with van der Waals surface area (Å²) in [5.74, 6) is -1.24. The van der Waals surface area contributed by atoms with E-state index in [0.29, 0.717) is 50.0 Å². The molecule has 4 rings (SSSR count). The second-order valence-electron chi connectivity index (χ2n) is 7.86. The first-order valence-electron chi connectivity index (χ1n) is 11.3. The highest BCUT2D eigenvalue weighted by Crippen LogP contribution is 2.36. The Labute approximate surface area is 221 Å². The lowest BCUT2D eigenvalue weighted by Crippen LogP contribution is -2.30. The van der Waals surface area contributed by atoms with Gasteiger partial charge in [0.2, 0.25) is 0 Å². The van der Waals surface area contributed by atoms with Crippen LogP contribution in [0.1, 0.15) is 49.8 Å². The first-order valence-corrected chi connectivity index (χ1v) is 13.3. The van der Waals surface area contributed by atoms with Crippen molar-refractivity contribution in [3.05, 3.63) is 68.4 Å². The van der Waals surface area contributed by atoms with Crippen molar-refractivity contribution >= 4 is 68.0 Å². The molecule has 2 amide bonds. The number of esters is 1. The summed E-state index contributed by atoms with van der Waals surface area (Å²) in [5, 5.41) is 3.79. The van der Waals surface area contributed by atoms with Crippen LogP contribution in [0.2, 0.25) is 4.34 Å². The van der Waals surface area contributed by atoms with Gasteiger partial charge in [-0.15, -0.1) is 22.7 Å². The molecule has 0 radical (unpaired) electrons. The van der Waals surface area contributed by atoms with E-state index in [1.165, 1.54) is 18.4 Å². The number of halogens is 1. The molecule has 1 aromatic carbocycles. The van der Waals surface area contributed by atoms with Gasteiger partial charge in [0.15, 0.2) is 0 Å². The first kappa shape index (κ1) is 25.8. The number of nitrogens with zero attached hydrogens (tertiary/aromatic N) is 2. The Morgan fingerprint density at radius 1 is 1.08 bits per heavy atom. The van der Waals surface area contributed by atoms with Crippen molar-refractivity contribution < 1.29 is 19.1 Å². The van der Waals surface area contributed by atoms with Crippen LogP contribution in [-0.2, 0) is 4.74 Å². The van der Waals surface area contributed by atoms with E-state index in [2.05, 4.69) is 5.32 Å². The van der Waals surface area contributed by atoms with E-state index < -0.39 is 11.9 Å². The van der Waals surface area contributed by atoms with Gasteiger partial charge in [-0.25, -0.2) is 9.78 Å². The van der Waals surface area contributed by atoms with E-state index in [0.717, 1.165) is 16.2 Å². The second kappa shape index (κ2) is 10.8. The average molecular weight is 542 g/mol. The predicted octanol–water partition coefficient (Wildman–Crippen LogP) is 6.51. The molecule has 0 atom stereocenters. The molecule has 0 spiro atoms. The summed E-state index contributed by atoms with van der Waals surface area (Å²) >= 11 is 8.57. The maximum atomic E-state index is 13.6. The highest BCUT2D eigenvalue weighted by atomic mass is 35.5. The smallest absolute Gasteiger partial charge is 0.341 e. The van der Waals surface area contributed by atoms with E-state index in [-0.39, 0.29) is 16.5 Å². The summed E-state index contributed by atoms with van der Waals surface area (Å²) in [6.07, 6.45) is 0. The summed E-state index contributed by atoms with van der Waals surface area (Å²) in [7, 11) is 1.27. The number of methoxy groups -OCH3 is 1. The summed E-state index contributed by atoms with van der Waals surface area (Å²) < 4.78 is 5.59. The zero-order valence-corrected chi connectivity index (χ0v) is 22.6. The molecule has 0 bridgehead atoms. The topological polar surface area (TPSA) is 88.6 Å². The van der Waals surface area contributed by atoms with Crippen LogP contribution in [0.5, 0.6) is 0 Å². The quantitative estimate of drug-likeness (QED) is 0.269. The standard InChI is InChI=1S/C26H24ClN3O4S2/c1-5-30(6-2)25(32)22-14(3)21(26(33)34-4)24(36-22)29-23(31)16-13-18(19-11-12-20(27)35-19)28-17-10-8-7-9-15(16)17/h7-13H,5-6H2,1-4H3,(H,29,31). The Kier molecular flexibility index (Phi) is 7.73. The van der Waals surface area contributed by atoms with E-state index in [4.69, 9.17) is 21.3 Å². The molecular formula is C26H24ClN3O4S2. The number of hydrogen-bond acceptors (Lipinski definition) is 7. The maximum Gasteiger partial charge on any atom is 0.341 e. The molecule has 7 nitrogen and oxygen atoms in total. The third-order valence-corrected chi connectivity index (χ3v) is 8.24. The largest absolute Gasteiger partial charge is 0.465 e. The van der Waals surface area contributed by atoms with Crippen molar-refractivity contribution in [3.63, 3.8) is 0 Å². The van der Waals surface area contributed by atoms with Gasteiger partial charge in [-0.1, -0.05) is 29.8 Å². The van der Waals surface area contributed by atoms with Gasteiger partial charge < -0.3 is 15.0 Å². The van der Waals surface area contributed by atoms with Crippen LogP contribution >= 0.6 is 34.3 Å². The lowest BCUT2D eigenvalue weighted by atomic mass is 10.1. The van der Waals surface area contributed by atoms with E-state index >= 15 is 0 Å². The minimum atomic E-state index is -0.619. The van der Waals surface area contributed by atoms with Gasteiger partial charge in [0.05, 0.1) is 43.5 Å². The zero-order valence-electron chi connectivity index (χ0n) is 20.2. The van der Waals surface area contributed by atoms with Crippen molar-refractivity contribution in [1.29, 1.82) is 0 Å². The van der Waals surface area contributed by atoms with Gasteiger partial charge in [0, 0.05) is 18.5 Å². The van der Waals surface area contributed by atoms with Crippen LogP contribution in [0.15, 0.2) is 42.5 Å². The lowest BCUT2D eigenvalue weighted by molar-refractivity contribution is 0.0601. The van der Waals surface area contributed by atoms with Gasteiger partial charge in [-0.2, -0.15) is 0 Å². The molecule has 0 aliphatic heterocycles. The molecule has 4 aromatic rings. The number of benzene rings is 1. The first-order chi connectivity index (χ1) is 17.3. The van der Waals surface area contributed by atoms with Crippen molar-refractivity contribution in [2.24, 2.45) is 0 Å². The normalized spacial score (nSPS) is 10.9. The molecule has 0 saturated heterocycles. The van der Waals surface area contributed by atoms with Crippen LogP contribution < -0.4 is 5.32 Å². The van der Waals surface area contributed by atoms with Crippen LogP contribution in [0, 0.1) is 6.92 Å². The molecule has 186 valence electrons. The fraction of sp³-hybridized carbons (Fsp3) is 0.231. The Balaban J connectivity index is 1.80. The third kappa shape index (κ3) is 4.86. The van der Waals surface area contributed by atoms with Gasteiger partial charge >= 0.3 is 5.97 Å². The number of fused-ring (bicyclic) bond motifs is 1. The number of nitrogens with one attached hydrogen (secondary N) is 1. The van der Waals surface area contributed by atoms with Crippen LogP contribution in [0.4, 0.5) is 5.00 Å². The second-order valence-corrected chi connectivity index (χ2v) is 10.6. The number of para-hydroxylation sites is 1. The highest BCUT2D eigenvalue weighted by molar-refractivity contribution is 7.19. The molecule has 3 heterocycles. The summed E-state index contributed by atoms with van der Waals surface area (Å²) in [4.78, 5) is 46.9. The van der Waals surface area contributed by atoms with Crippen LogP contribution in [-0.4, -0.2) is 47.9 Å². The van der Waals surface area contributed by atoms with Gasteiger partial charge in [-0.05, 0) is 50.6 Å². The molecule has 36 heavy (non-hydrogen) atoms. The number of thiophene rings is 2. The SMILES string of the molecule is CCN(CC)C(=O)c1sc(NC(=O)c2cc(-c3ccc(Cl)s3)nc3ccccc23)c(C(=O)OC)c1C. The van der Waals surface area contributed by atoms with Gasteiger partial charge in [-0.3, -0.25) is 9.59 Å². The minimum Gasteiger partial charge on any atom is -0.465 e. The highest BCUT2D eigenvalue weighted by Gasteiger charge is 2.28. The van der Waals surface area contributed by atoms with Gasteiger partial charge in [0.25, 0.3) is 11.8 Å². The lowest BCUT2D eigenvalue weighted by Gasteiger charge is -2.17. The van der Waals surface area contributed by atoms with E-state index in [1.807, 2.05) is 44.2 Å². The predicted molar refractivity (Wildman–Crippen MR) is 146 cm³/mol. The molecule has 0 aliphatic rings. The number of ether oxygens (including phenoxy) is 1. The molecular weight excluding hydrogens is 518 g/mol. The number of anilines is 1. The molecule has 3 aromatic heterocycles. The molecule has 1 N–H and O–H groups in total. The minimum absolute atomic E-state index is 0.176. The number of pyridine rings is 1. The van der Waals surface area contributed by atoms with Gasteiger partial charge in [0.1, 0.15) is 5.00 Å². The summed E-state index contributed by atoms with van der Waals surface area (Å²) in [5.41, 5.74) is 2.31. The zero-order chi connectivity index (χ0) is 26.0. The van der Waals surface area contributed by atoms with Crippen molar-refractivity contribution in [2.75, 3.05) is 25.5 Å². The van der Waals surface area contributed by atoms with Crippen LogP contribution in [0.25, 0.3) is 21.5 Å². The molecule has 0 aliphatic carbocycles. The third-order valence-electron chi connectivity index (χ3n) is 5.79. The monoisotopic (exact) mass is 541 g/mol. The summed E-state index contributed by atoms with van der Waals surface area (Å²) in [6, 6.07) is 12.7. The number of carbonyl (C=O) groups excluding carboxylic acids is 3. The van der Waals surface area contributed by atoms with Crippen molar-refractivity contribution in [3.8, 4) is 10.6 Å². The molecule has 0 saturated carbocycles. The van der Waals surface area contributed by atoms with Crippen LogP contribution in [0.3, 0.4) is 0 Å². The average Bonchev–Trinajstić information content (AvgIpc) is 3.46. The fourth-order valence-electron chi connectivity index (χ4n) is 3.92. The maximum absolute atomic E-state index is 13.6. The number of rotatable bonds is 7. The Morgan fingerprint density at radius 3 is 2.44 bits per heavy atom. The number of carbonyl (C=O) groups is 3. The number of amides is 2. The number of hydrogen-bond donors (Lipinski definition) is 1. The Bertz CT molecular complexity index is 1470. The van der Waals surface area contributed by atoms with E-state index in [9.17, 15) is 14.4 Å². The van der Waals surface area contributed by atoms with E-state index in [1.54, 1.807) is 24.0 Å². The fourth-order valence-corrected chi connectivity index (χ4v) is 6.08. The Morgan fingerprint density at radius 2 is 1.81 bits per heavy atom. The summed E-state index contributed by atoms with van der Waals surface area (Å²) in [6.45, 7) is 6.53. The molecule has 0 unspecified atom stereocenters. The molecule has 10 heteroatoms.